The number of carbonyl (C=O) groups excluding carboxylic acids is 1. The molecule has 2 aromatic rings. The van der Waals surface area contributed by atoms with Gasteiger partial charge in [-0.25, -0.2) is 4.98 Å². The van der Waals surface area contributed by atoms with Crippen LogP contribution in [0.15, 0.2) is 66.3 Å². The molecule has 3 nitrogen and oxygen atoms in total. The molecule has 1 atom stereocenters. The topological polar surface area (TPSA) is 42.0 Å². The predicted molar refractivity (Wildman–Crippen MR) is 96.8 cm³/mol. The van der Waals surface area contributed by atoms with Gasteiger partial charge in [-0.2, -0.15) is 0 Å². The average Bonchev–Trinajstić information content (AvgIpc) is 2.59. The maximum Gasteiger partial charge on any atom is 0.254 e. The van der Waals surface area contributed by atoms with Crippen LogP contribution in [0.4, 0.5) is 0 Å². The van der Waals surface area contributed by atoms with Gasteiger partial charge in [-0.15, -0.1) is 18.3 Å². The monoisotopic (exact) mass is 326 g/mol. The minimum absolute atomic E-state index is 0.0646. The molecule has 0 aliphatic carbocycles. The first-order chi connectivity index (χ1) is 11.2. The molecule has 1 aromatic heterocycles. The maximum atomic E-state index is 12.5. The smallest absolute Gasteiger partial charge is 0.254 e. The summed E-state index contributed by atoms with van der Waals surface area (Å²) in [5.74, 6) is 0.672. The van der Waals surface area contributed by atoms with Crippen molar-refractivity contribution >= 4 is 17.7 Å². The second-order valence-electron chi connectivity index (χ2n) is 5.35. The number of hydrogen-bond acceptors (Lipinski definition) is 3. The molecule has 0 saturated heterocycles. The summed E-state index contributed by atoms with van der Waals surface area (Å²) < 4.78 is 0. The van der Waals surface area contributed by atoms with E-state index in [0.717, 1.165) is 23.6 Å². The molecule has 1 N–H and O–H groups in total. The third-order valence-electron chi connectivity index (χ3n) is 3.44. The second-order valence-corrected chi connectivity index (χ2v) is 6.36. The van der Waals surface area contributed by atoms with Crippen LogP contribution in [-0.4, -0.2) is 22.7 Å². The largest absolute Gasteiger partial charge is 0.349 e. The number of thioether (sulfide) groups is 1. The van der Waals surface area contributed by atoms with Crippen LogP contribution in [0.2, 0.25) is 0 Å². The number of rotatable bonds is 8. The first-order valence-corrected chi connectivity index (χ1v) is 8.72. The molecule has 1 amide bonds. The fourth-order valence-corrected chi connectivity index (χ4v) is 2.95. The highest BCUT2D eigenvalue weighted by atomic mass is 32.2. The van der Waals surface area contributed by atoms with Crippen molar-refractivity contribution in [2.45, 2.75) is 30.8 Å². The van der Waals surface area contributed by atoms with Crippen LogP contribution >= 0.6 is 11.8 Å². The maximum absolute atomic E-state index is 12.5. The zero-order valence-corrected chi connectivity index (χ0v) is 14.2. The lowest BCUT2D eigenvalue weighted by molar-refractivity contribution is 0.0935. The van der Waals surface area contributed by atoms with E-state index in [2.05, 4.69) is 29.0 Å². The fraction of sp³-hybridized carbons (Fsp3) is 0.263. The van der Waals surface area contributed by atoms with E-state index in [1.165, 1.54) is 17.3 Å². The number of nitrogens with one attached hydrogen (secondary N) is 1. The highest BCUT2D eigenvalue weighted by molar-refractivity contribution is 7.99. The third kappa shape index (κ3) is 5.57. The van der Waals surface area contributed by atoms with Crippen LogP contribution in [0.1, 0.15) is 29.3 Å². The molecule has 0 aliphatic rings. The summed E-state index contributed by atoms with van der Waals surface area (Å²) in [5.41, 5.74) is 1.92. The van der Waals surface area contributed by atoms with Gasteiger partial charge in [0.2, 0.25) is 0 Å². The Morgan fingerprint density at radius 1 is 1.30 bits per heavy atom. The summed E-state index contributed by atoms with van der Waals surface area (Å²) in [6, 6.07) is 14.0. The lowest BCUT2D eigenvalue weighted by atomic mass is 10.1. The van der Waals surface area contributed by atoms with Crippen molar-refractivity contribution in [1.82, 2.24) is 10.3 Å². The second kappa shape index (κ2) is 9.16. The van der Waals surface area contributed by atoms with Crippen LogP contribution in [0.25, 0.3) is 0 Å². The normalized spacial score (nSPS) is 11.7. The van der Waals surface area contributed by atoms with Gasteiger partial charge >= 0.3 is 0 Å². The van der Waals surface area contributed by atoms with Gasteiger partial charge in [-0.3, -0.25) is 4.79 Å². The Bertz CT molecular complexity index is 643. The van der Waals surface area contributed by atoms with Gasteiger partial charge in [0.1, 0.15) is 5.03 Å². The van der Waals surface area contributed by atoms with Crippen molar-refractivity contribution in [3.8, 4) is 0 Å². The molecule has 2 rings (SSSR count). The number of aryl methyl sites for hydroxylation is 1. The summed E-state index contributed by atoms with van der Waals surface area (Å²) in [6.45, 7) is 5.74. The molecule has 4 heteroatoms. The molecule has 0 aliphatic heterocycles. The zero-order valence-electron chi connectivity index (χ0n) is 13.4. The lowest BCUT2D eigenvalue weighted by Gasteiger charge is -2.15. The van der Waals surface area contributed by atoms with E-state index in [-0.39, 0.29) is 11.9 Å². The van der Waals surface area contributed by atoms with Crippen LogP contribution in [0.5, 0.6) is 0 Å². The Morgan fingerprint density at radius 3 is 2.83 bits per heavy atom. The third-order valence-corrected chi connectivity index (χ3v) is 4.44. The molecule has 1 heterocycles. The number of aromatic nitrogens is 1. The average molecular weight is 326 g/mol. The van der Waals surface area contributed by atoms with Gasteiger partial charge in [0.15, 0.2) is 0 Å². The number of benzene rings is 1. The summed E-state index contributed by atoms with van der Waals surface area (Å²) in [6.07, 6.45) is 5.38. The van der Waals surface area contributed by atoms with Gasteiger partial charge in [-0.05, 0) is 37.5 Å². The van der Waals surface area contributed by atoms with Crippen molar-refractivity contribution in [2.24, 2.45) is 0 Å². The van der Waals surface area contributed by atoms with Crippen LogP contribution in [-0.2, 0) is 6.42 Å². The molecule has 1 unspecified atom stereocenters. The zero-order chi connectivity index (χ0) is 16.5. The minimum atomic E-state index is -0.0646. The minimum Gasteiger partial charge on any atom is -0.349 e. The molecule has 1 aromatic carbocycles. The van der Waals surface area contributed by atoms with E-state index in [4.69, 9.17) is 0 Å². The quantitative estimate of drug-likeness (QED) is 0.586. The standard InChI is InChI=1S/C19H22N2OS/c1-3-14-23-19-17(10-7-13-20-19)18(22)21-15(2)11-12-16-8-5-4-6-9-16/h3-10,13,15H,1,11-12,14H2,2H3,(H,21,22). The highest BCUT2D eigenvalue weighted by Gasteiger charge is 2.14. The van der Waals surface area contributed by atoms with E-state index in [1.807, 2.05) is 37.3 Å². The SMILES string of the molecule is C=CCSc1ncccc1C(=O)NC(C)CCc1ccccc1. The summed E-state index contributed by atoms with van der Waals surface area (Å²) in [4.78, 5) is 16.8. The van der Waals surface area contributed by atoms with Crippen LogP contribution in [0.3, 0.4) is 0 Å². The number of hydrogen-bond donors (Lipinski definition) is 1. The van der Waals surface area contributed by atoms with Crippen LogP contribution < -0.4 is 5.32 Å². The van der Waals surface area contributed by atoms with Crippen molar-refractivity contribution < 1.29 is 4.79 Å². The summed E-state index contributed by atoms with van der Waals surface area (Å²) in [5, 5.41) is 3.82. The number of pyridine rings is 1. The summed E-state index contributed by atoms with van der Waals surface area (Å²) in [7, 11) is 0. The molecule has 0 radical (unpaired) electrons. The number of nitrogens with zero attached hydrogens (tertiary/aromatic N) is 1. The Balaban J connectivity index is 1.92. The Kier molecular flexibility index (Phi) is 6.88. The van der Waals surface area contributed by atoms with Gasteiger partial charge in [0.05, 0.1) is 5.56 Å². The van der Waals surface area contributed by atoms with Crippen molar-refractivity contribution in [1.29, 1.82) is 0 Å². The van der Waals surface area contributed by atoms with Crippen molar-refractivity contribution in [3.63, 3.8) is 0 Å². The molecule has 120 valence electrons. The van der Waals surface area contributed by atoms with E-state index in [9.17, 15) is 4.79 Å². The number of carbonyl (C=O) groups is 1. The van der Waals surface area contributed by atoms with Crippen molar-refractivity contribution in [2.75, 3.05) is 5.75 Å². The Hall–Kier alpha value is -2.07. The Morgan fingerprint density at radius 2 is 2.09 bits per heavy atom. The van der Waals surface area contributed by atoms with E-state index >= 15 is 0 Å². The van der Waals surface area contributed by atoms with Gasteiger partial charge in [-0.1, -0.05) is 36.4 Å². The summed E-state index contributed by atoms with van der Waals surface area (Å²) >= 11 is 1.52. The molecular weight excluding hydrogens is 304 g/mol. The lowest BCUT2D eigenvalue weighted by Crippen LogP contribution is -2.33. The van der Waals surface area contributed by atoms with Crippen molar-refractivity contribution in [3.05, 3.63) is 72.4 Å². The molecule has 23 heavy (non-hydrogen) atoms. The molecule has 0 fully saturated rings. The van der Waals surface area contributed by atoms with Gasteiger partial charge in [0.25, 0.3) is 5.91 Å². The molecule has 0 saturated carbocycles. The van der Waals surface area contributed by atoms with Crippen LogP contribution in [0, 0.1) is 0 Å². The van der Waals surface area contributed by atoms with E-state index in [1.54, 1.807) is 12.3 Å². The van der Waals surface area contributed by atoms with E-state index in [0.29, 0.717) is 5.56 Å². The number of amides is 1. The molecule has 0 bridgehead atoms. The first-order valence-electron chi connectivity index (χ1n) is 7.74. The molecular formula is C19H22N2OS. The highest BCUT2D eigenvalue weighted by Crippen LogP contribution is 2.20. The fourth-order valence-electron chi connectivity index (χ4n) is 2.22. The van der Waals surface area contributed by atoms with Gasteiger partial charge in [0, 0.05) is 18.0 Å². The molecule has 0 spiro atoms. The van der Waals surface area contributed by atoms with Gasteiger partial charge < -0.3 is 5.32 Å². The Labute approximate surface area is 142 Å². The first kappa shape index (κ1) is 17.3. The predicted octanol–water partition coefficient (Wildman–Crippen LogP) is 4.11. The van der Waals surface area contributed by atoms with E-state index < -0.39 is 0 Å².